The van der Waals surface area contributed by atoms with Crippen molar-refractivity contribution in [3.63, 3.8) is 0 Å². The highest BCUT2D eigenvalue weighted by Gasteiger charge is 1.99. The number of furan rings is 1. The molecule has 0 aliphatic heterocycles. The molecule has 1 aromatic heterocycles. The van der Waals surface area contributed by atoms with Gasteiger partial charge in [0.1, 0.15) is 5.76 Å². The Hall–Kier alpha value is -2.56. The Labute approximate surface area is 124 Å². The van der Waals surface area contributed by atoms with Gasteiger partial charge in [0.15, 0.2) is 0 Å². The molecule has 1 heterocycles. The number of anilines is 1. The minimum Gasteiger partial charge on any atom is -0.463 e. The summed E-state index contributed by atoms with van der Waals surface area (Å²) in [4.78, 5) is 11.6. The first kappa shape index (κ1) is 14.8. The smallest absolute Gasteiger partial charge is 0.240 e. The fraction of sp³-hybridized carbons (Fsp3) is 0.250. The van der Waals surface area contributed by atoms with Gasteiger partial charge >= 0.3 is 0 Å². The first-order chi connectivity index (χ1) is 10.2. The van der Waals surface area contributed by atoms with Gasteiger partial charge in [0, 0.05) is 18.7 Å². The van der Waals surface area contributed by atoms with Crippen LogP contribution < -0.4 is 10.7 Å². The molecule has 0 aliphatic rings. The molecule has 5 nitrogen and oxygen atoms in total. The zero-order valence-corrected chi connectivity index (χ0v) is 12.0. The van der Waals surface area contributed by atoms with Crippen molar-refractivity contribution in [3.05, 3.63) is 54.0 Å². The summed E-state index contributed by atoms with van der Waals surface area (Å²) >= 11 is 0. The summed E-state index contributed by atoms with van der Waals surface area (Å²) in [5.41, 5.74) is 4.76. The van der Waals surface area contributed by atoms with E-state index in [0.29, 0.717) is 12.2 Å². The molecule has 2 aromatic rings. The van der Waals surface area contributed by atoms with Crippen LogP contribution in [0.1, 0.15) is 24.2 Å². The van der Waals surface area contributed by atoms with E-state index in [2.05, 4.69) is 34.9 Å². The maximum atomic E-state index is 11.6. The lowest BCUT2D eigenvalue weighted by Gasteiger charge is -2.06. The number of hydrogen-bond donors (Lipinski definition) is 2. The quantitative estimate of drug-likeness (QED) is 0.467. The van der Waals surface area contributed by atoms with E-state index in [-0.39, 0.29) is 5.91 Å². The Morgan fingerprint density at radius 2 is 2.24 bits per heavy atom. The maximum Gasteiger partial charge on any atom is 0.240 e. The Kier molecular flexibility index (Phi) is 5.58. The highest BCUT2D eigenvalue weighted by Crippen LogP contribution is 2.09. The molecule has 2 rings (SSSR count). The van der Waals surface area contributed by atoms with Crippen LogP contribution in [0.25, 0.3) is 0 Å². The van der Waals surface area contributed by atoms with E-state index in [1.165, 1.54) is 11.8 Å². The Morgan fingerprint density at radius 3 is 3.00 bits per heavy atom. The van der Waals surface area contributed by atoms with Gasteiger partial charge in [-0.1, -0.05) is 12.1 Å². The van der Waals surface area contributed by atoms with Crippen molar-refractivity contribution in [1.29, 1.82) is 0 Å². The van der Waals surface area contributed by atoms with Gasteiger partial charge in [0.2, 0.25) is 5.91 Å². The molecule has 0 radical (unpaired) electrons. The summed E-state index contributed by atoms with van der Waals surface area (Å²) in [5.74, 6) is 0.500. The minimum atomic E-state index is -0.108. The Bertz CT molecular complexity index is 591. The normalized spacial score (nSPS) is 10.7. The zero-order valence-electron chi connectivity index (χ0n) is 12.0. The predicted octanol–water partition coefficient (Wildman–Crippen LogP) is 2.93. The molecular formula is C16H19N3O2. The van der Waals surface area contributed by atoms with E-state index in [0.717, 1.165) is 18.7 Å². The summed E-state index contributed by atoms with van der Waals surface area (Å²) in [6.45, 7) is 2.80. The van der Waals surface area contributed by atoms with Gasteiger partial charge in [-0.2, -0.15) is 5.10 Å². The minimum absolute atomic E-state index is 0.108. The van der Waals surface area contributed by atoms with Crippen molar-refractivity contribution in [2.24, 2.45) is 5.10 Å². The number of nitrogens with zero attached hydrogens (tertiary/aromatic N) is 1. The van der Waals surface area contributed by atoms with Crippen LogP contribution in [0.2, 0.25) is 0 Å². The molecule has 2 N–H and O–H groups in total. The van der Waals surface area contributed by atoms with Crippen LogP contribution in [-0.4, -0.2) is 18.7 Å². The van der Waals surface area contributed by atoms with E-state index < -0.39 is 0 Å². The summed E-state index contributed by atoms with van der Waals surface area (Å²) < 4.78 is 5.06. The van der Waals surface area contributed by atoms with E-state index in [1.54, 1.807) is 18.4 Å². The van der Waals surface area contributed by atoms with Gasteiger partial charge in [-0.05, 0) is 43.2 Å². The number of nitrogens with one attached hydrogen (secondary N) is 2. The Morgan fingerprint density at radius 1 is 1.33 bits per heavy atom. The zero-order chi connectivity index (χ0) is 14.9. The molecule has 0 spiro atoms. The third-order valence-corrected chi connectivity index (χ3v) is 2.85. The van der Waals surface area contributed by atoms with Crippen LogP contribution in [0.4, 0.5) is 5.69 Å². The molecular weight excluding hydrogens is 266 g/mol. The number of aryl methyl sites for hydroxylation is 1. The first-order valence-corrected chi connectivity index (χ1v) is 6.90. The van der Waals surface area contributed by atoms with E-state index in [9.17, 15) is 4.79 Å². The lowest BCUT2D eigenvalue weighted by atomic mass is 10.2. The lowest BCUT2D eigenvalue weighted by Crippen LogP contribution is -2.18. The SMILES string of the molecule is Cc1cccc(NCCCC(=O)N/N=C\c2ccco2)c1. The second-order valence-corrected chi connectivity index (χ2v) is 4.71. The molecule has 5 heteroatoms. The van der Waals surface area contributed by atoms with Crippen LogP contribution in [-0.2, 0) is 4.79 Å². The largest absolute Gasteiger partial charge is 0.463 e. The van der Waals surface area contributed by atoms with Crippen molar-refractivity contribution in [1.82, 2.24) is 5.43 Å². The molecule has 0 fully saturated rings. The third kappa shape index (κ3) is 5.52. The highest BCUT2D eigenvalue weighted by molar-refractivity contribution is 5.80. The standard InChI is InChI=1S/C16H19N3O2/c1-13-5-2-6-14(11-13)17-9-3-8-16(20)19-18-12-15-7-4-10-21-15/h2,4-7,10-12,17H,3,8-9H2,1H3,(H,19,20)/b18-12-. The van der Waals surface area contributed by atoms with Crippen LogP contribution in [0.3, 0.4) is 0 Å². The topological polar surface area (TPSA) is 66.6 Å². The number of rotatable bonds is 7. The van der Waals surface area contributed by atoms with Crippen molar-refractivity contribution < 1.29 is 9.21 Å². The average molecular weight is 285 g/mol. The average Bonchev–Trinajstić information content (AvgIpc) is 2.97. The van der Waals surface area contributed by atoms with E-state index in [4.69, 9.17) is 4.42 Å². The molecule has 0 unspecified atom stereocenters. The predicted molar refractivity (Wildman–Crippen MR) is 83.3 cm³/mol. The van der Waals surface area contributed by atoms with Crippen molar-refractivity contribution in [2.45, 2.75) is 19.8 Å². The molecule has 0 atom stereocenters. The second kappa shape index (κ2) is 7.89. The molecule has 21 heavy (non-hydrogen) atoms. The van der Waals surface area contributed by atoms with Gasteiger partial charge in [-0.25, -0.2) is 5.43 Å². The van der Waals surface area contributed by atoms with Gasteiger partial charge < -0.3 is 9.73 Å². The van der Waals surface area contributed by atoms with Crippen LogP contribution in [0, 0.1) is 6.92 Å². The Balaban J connectivity index is 1.61. The molecule has 0 bridgehead atoms. The lowest BCUT2D eigenvalue weighted by molar-refractivity contribution is -0.121. The number of hydrazone groups is 1. The highest BCUT2D eigenvalue weighted by atomic mass is 16.3. The number of hydrogen-bond acceptors (Lipinski definition) is 4. The number of amides is 1. The summed E-state index contributed by atoms with van der Waals surface area (Å²) in [7, 11) is 0. The fourth-order valence-electron chi connectivity index (χ4n) is 1.83. The first-order valence-electron chi connectivity index (χ1n) is 6.90. The summed E-state index contributed by atoms with van der Waals surface area (Å²) in [6, 6.07) is 11.7. The number of carbonyl (C=O) groups is 1. The maximum absolute atomic E-state index is 11.6. The molecule has 0 aliphatic carbocycles. The summed E-state index contributed by atoms with van der Waals surface area (Å²) in [6.07, 6.45) is 4.20. The van der Waals surface area contributed by atoms with Crippen molar-refractivity contribution in [3.8, 4) is 0 Å². The van der Waals surface area contributed by atoms with Gasteiger partial charge in [0.05, 0.1) is 12.5 Å². The molecule has 110 valence electrons. The number of benzene rings is 1. The fourth-order valence-corrected chi connectivity index (χ4v) is 1.83. The van der Waals surface area contributed by atoms with Crippen LogP contribution in [0.15, 0.2) is 52.2 Å². The molecule has 1 aromatic carbocycles. The van der Waals surface area contributed by atoms with Crippen LogP contribution >= 0.6 is 0 Å². The monoisotopic (exact) mass is 285 g/mol. The molecule has 0 saturated heterocycles. The van der Waals surface area contributed by atoms with Gasteiger partial charge in [0.25, 0.3) is 0 Å². The van der Waals surface area contributed by atoms with Crippen molar-refractivity contribution in [2.75, 3.05) is 11.9 Å². The third-order valence-electron chi connectivity index (χ3n) is 2.85. The number of carbonyl (C=O) groups excluding carboxylic acids is 1. The van der Waals surface area contributed by atoms with Crippen LogP contribution in [0.5, 0.6) is 0 Å². The molecule has 1 amide bonds. The van der Waals surface area contributed by atoms with E-state index in [1.807, 2.05) is 12.1 Å². The van der Waals surface area contributed by atoms with Crippen molar-refractivity contribution >= 4 is 17.8 Å². The van der Waals surface area contributed by atoms with Gasteiger partial charge in [-0.15, -0.1) is 0 Å². The molecule has 0 saturated carbocycles. The second-order valence-electron chi connectivity index (χ2n) is 4.71. The van der Waals surface area contributed by atoms with Gasteiger partial charge in [-0.3, -0.25) is 4.79 Å². The van der Waals surface area contributed by atoms with E-state index >= 15 is 0 Å². The summed E-state index contributed by atoms with van der Waals surface area (Å²) in [5, 5.41) is 7.11.